The van der Waals surface area contributed by atoms with Gasteiger partial charge in [0.05, 0.1) is 23.5 Å². The minimum Gasteiger partial charge on any atom is -0.496 e. The molecule has 0 atom stereocenters. The Morgan fingerprint density at radius 1 is 1.32 bits per heavy atom. The Morgan fingerprint density at radius 2 is 2.14 bits per heavy atom. The SMILES string of the molecule is COc1ccc(/C(C)=N\NC(=O)c2cc3c(s2)CCC3)cc1CSCC(=O)O. The molecule has 2 N–H and O–H groups in total. The molecule has 1 heterocycles. The van der Waals surface area contributed by atoms with Crippen molar-refractivity contribution >= 4 is 40.7 Å². The number of carboxylic acid groups (broad SMARTS) is 1. The number of nitrogens with zero attached hydrogens (tertiary/aromatic N) is 1. The van der Waals surface area contributed by atoms with E-state index < -0.39 is 5.97 Å². The van der Waals surface area contributed by atoms with Gasteiger partial charge in [0, 0.05) is 16.2 Å². The van der Waals surface area contributed by atoms with Crippen molar-refractivity contribution in [1.82, 2.24) is 5.43 Å². The number of carbonyl (C=O) groups is 2. The molecule has 0 fully saturated rings. The van der Waals surface area contributed by atoms with E-state index in [-0.39, 0.29) is 11.7 Å². The molecule has 1 aliphatic rings. The fraction of sp³-hybridized carbons (Fsp3) is 0.350. The van der Waals surface area contributed by atoms with Crippen LogP contribution in [0.3, 0.4) is 0 Å². The zero-order valence-corrected chi connectivity index (χ0v) is 17.4. The van der Waals surface area contributed by atoms with E-state index in [4.69, 9.17) is 9.84 Å². The third-order valence-electron chi connectivity index (χ3n) is 4.48. The molecule has 1 aromatic carbocycles. The first-order chi connectivity index (χ1) is 13.5. The van der Waals surface area contributed by atoms with Gasteiger partial charge in [0.25, 0.3) is 5.91 Å². The molecule has 1 aliphatic carbocycles. The molecule has 0 saturated heterocycles. The van der Waals surface area contributed by atoms with Crippen LogP contribution in [0, 0.1) is 0 Å². The van der Waals surface area contributed by atoms with E-state index >= 15 is 0 Å². The number of nitrogens with one attached hydrogen (secondary N) is 1. The molecular weight excluding hydrogens is 396 g/mol. The number of amides is 1. The molecule has 0 saturated carbocycles. The second-order valence-electron chi connectivity index (χ2n) is 6.46. The number of ether oxygens (including phenoxy) is 1. The zero-order valence-electron chi connectivity index (χ0n) is 15.8. The molecule has 28 heavy (non-hydrogen) atoms. The number of aliphatic carboxylic acids is 1. The van der Waals surface area contributed by atoms with Gasteiger partial charge in [-0.2, -0.15) is 5.10 Å². The van der Waals surface area contributed by atoms with Crippen LogP contribution in [0.25, 0.3) is 0 Å². The largest absolute Gasteiger partial charge is 0.496 e. The number of hydrogen-bond donors (Lipinski definition) is 2. The van der Waals surface area contributed by atoms with Crippen LogP contribution in [0.4, 0.5) is 0 Å². The smallest absolute Gasteiger partial charge is 0.313 e. The van der Waals surface area contributed by atoms with Crippen LogP contribution in [0.1, 0.15) is 44.6 Å². The van der Waals surface area contributed by atoms with E-state index in [1.54, 1.807) is 18.4 Å². The van der Waals surface area contributed by atoms with Crippen molar-refractivity contribution in [2.24, 2.45) is 5.10 Å². The van der Waals surface area contributed by atoms with Gasteiger partial charge in [-0.3, -0.25) is 9.59 Å². The number of hydrogen-bond acceptors (Lipinski definition) is 6. The third-order valence-corrected chi connectivity index (χ3v) is 6.68. The zero-order chi connectivity index (χ0) is 20.1. The number of hydrazone groups is 1. The highest BCUT2D eigenvalue weighted by Crippen LogP contribution is 2.30. The number of thiophene rings is 1. The topological polar surface area (TPSA) is 88.0 Å². The second kappa shape index (κ2) is 9.25. The van der Waals surface area contributed by atoms with Crippen LogP contribution >= 0.6 is 23.1 Å². The minimum absolute atomic E-state index is 0.0291. The lowest BCUT2D eigenvalue weighted by Crippen LogP contribution is -2.18. The van der Waals surface area contributed by atoms with Crippen molar-refractivity contribution in [1.29, 1.82) is 0 Å². The van der Waals surface area contributed by atoms with Gasteiger partial charge < -0.3 is 9.84 Å². The van der Waals surface area contributed by atoms with Crippen molar-refractivity contribution in [2.75, 3.05) is 12.9 Å². The van der Waals surface area contributed by atoms with Crippen LogP contribution in [0.5, 0.6) is 5.75 Å². The Hall–Kier alpha value is -2.32. The monoisotopic (exact) mass is 418 g/mol. The lowest BCUT2D eigenvalue weighted by Gasteiger charge is -2.10. The summed E-state index contributed by atoms with van der Waals surface area (Å²) >= 11 is 2.85. The van der Waals surface area contributed by atoms with Gasteiger partial charge in [0.15, 0.2) is 0 Å². The van der Waals surface area contributed by atoms with Gasteiger partial charge in [-0.1, -0.05) is 0 Å². The van der Waals surface area contributed by atoms with Gasteiger partial charge in [-0.15, -0.1) is 23.1 Å². The van der Waals surface area contributed by atoms with E-state index in [0.717, 1.165) is 24.0 Å². The number of fused-ring (bicyclic) bond motifs is 1. The van der Waals surface area contributed by atoms with Gasteiger partial charge >= 0.3 is 5.97 Å². The molecule has 0 unspecified atom stereocenters. The maximum atomic E-state index is 12.4. The van der Waals surface area contributed by atoms with E-state index in [0.29, 0.717) is 22.1 Å². The number of aryl methyl sites for hydroxylation is 2. The lowest BCUT2D eigenvalue weighted by molar-refractivity contribution is -0.133. The van der Waals surface area contributed by atoms with Gasteiger partial charge in [0.1, 0.15) is 5.75 Å². The van der Waals surface area contributed by atoms with Gasteiger partial charge in [-0.05, 0) is 61.6 Å². The standard InChI is InChI=1S/C20H22N2O4S2/c1-12(21-22-20(25)18-9-14-4-3-5-17(14)28-18)13-6-7-16(26-2)15(8-13)10-27-11-19(23)24/h6-9H,3-5,10-11H2,1-2H3,(H,22,25)(H,23,24)/b21-12-. The summed E-state index contributed by atoms with van der Waals surface area (Å²) in [5, 5.41) is 13.0. The summed E-state index contributed by atoms with van der Waals surface area (Å²) in [5.41, 5.74) is 6.33. The molecule has 6 nitrogen and oxygen atoms in total. The highest BCUT2D eigenvalue weighted by atomic mass is 32.2. The molecule has 1 amide bonds. The van der Waals surface area contributed by atoms with Crippen molar-refractivity contribution in [3.63, 3.8) is 0 Å². The first kappa shape index (κ1) is 20.4. The number of thioether (sulfide) groups is 1. The number of rotatable bonds is 8. The first-order valence-electron chi connectivity index (χ1n) is 8.91. The summed E-state index contributed by atoms with van der Waals surface area (Å²) in [6.45, 7) is 1.82. The molecule has 8 heteroatoms. The van der Waals surface area contributed by atoms with E-state index in [9.17, 15) is 9.59 Å². The predicted octanol–water partition coefficient (Wildman–Crippen LogP) is 3.72. The van der Waals surface area contributed by atoms with Gasteiger partial charge in [-0.25, -0.2) is 5.43 Å². The van der Waals surface area contributed by atoms with Crippen LogP contribution in [0.15, 0.2) is 29.4 Å². The predicted molar refractivity (Wildman–Crippen MR) is 113 cm³/mol. The molecule has 3 rings (SSSR count). The number of methoxy groups -OCH3 is 1. The Kier molecular flexibility index (Phi) is 6.74. The van der Waals surface area contributed by atoms with Crippen LogP contribution in [-0.2, 0) is 23.4 Å². The number of benzene rings is 1. The summed E-state index contributed by atoms with van der Waals surface area (Å²) < 4.78 is 5.35. The highest BCUT2D eigenvalue weighted by molar-refractivity contribution is 7.99. The second-order valence-corrected chi connectivity index (χ2v) is 8.59. The highest BCUT2D eigenvalue weighted by Gasteiger charge is 2.18. The summed E-state index contributed by atoms with van der Waals surface area (Å²) in [6, 6.07) is 7.59. The van der Waals surface area contributed by atoms with Crippen LogP contribution < -0.4 is 10.2 Å². The Bertz CT molecular complexity index is 899. The lowest BCUT2D eigenvalue weighted by atomic mass is 10.1. The fourth-order valence-corrected chi connectivity index (χ4v) is 4.93. The maximum Gasteiger partial charge on any atom is 0.313 e. The summed E-state index contributed by atoms with van der Waals surface area (Å²) in [5.74, 6) is 0.210. The molecular formula is C20H22N2O4S2. The van der Waals surface area contributed by atoms with Crippen molar-refractivity contribution in [3.8, 4) is 5.75 Å². The average Bonchev–Trinajstić information content (AvgIpc) is 3.27. The summed E-state index contributed by atoms with van der Waals surface area (Å²) in [4.78, 5) is 25.1. The van der Waals surface area contributed by atoms with Crippen molar-refractivity contribution in [3.05, 3.63) is 50.7 Å². The molecule has 148 valence electrons. The van der Waals surface area contributed by atoms with Crippen LogP contribution in [-0.4, -0.2) is 35.6 Å². The Balaban J connectivity index is 1.68. The third kappa shape index (κ3) is 4.94. The van der Waals surface area contributed by atoms with Gasteiger partial charge in [0.2, 0.25) is 0 Å². The molecule has 2 aromatic rings. The van der Waals surface area contributed by atoms with Crippen molar-refractivity contribution < 1.29 is 19.4 Å². The number of carbonyl (C=O) groups excluding carboxylic acids is 1. The summed E-state index contributed by atoms with van der Waals surface area (Å²) in [6.07, 6.45) is 3.28. The quantitative estimate of drug-likeness (QED) is 0.504. The maximum absolute atomic E-state index is 12.4. The molecule has 0 aliphatic heterocycles. The molecule has 0 bridgehead atoms. The molecule has 0 spiro atoms. The van der Waals surface area contributed by atoms with E-state index in [2.05, 4.69) is 10.5 Å². The normalized spacial score (nSPS) is 13.3. The first-order valence-corrected chi connectivity index (χ1v) is 10.9. The minimum atomic E-state index is -0.847. The Morgan fingerprint density at radius 3 is 2.86 bits per heavy atom. The molecule has 1 aromatic heterocycles. The van der Waals surface area contributed by atoms with Crippen LogP contribution in [0.2, 0.25) is 0 Å². The Labute approximate surface area is 172 Å². The fourth-order valence-electron chi connectivity index (χ4n) is 3.06. The van der Waals surface area contributed by atoms with E-state index in [1.165, 1.54) is 28.6 Å². The molecule has 0 radical (unpaired) electrons. The van der Waals surface area contributed by atoms with E-state index in [1.807, 2.05) is 31.2 Å². The number of carboxylic acids is 1. The average molecular weight is 419 g/mol. The summed E-state index contributed by atoms with van der Waals surface area (Å²) in [7, 11) is 1.58. The van der Waals surface area contributed by atoms with Crippen molar-refractivity contribution in [2.45, 2.75) is 31.9 Å².